The largest absolute Gasteiger partial charge is 0.450 e. The van der Waals surface area contributed by atoms with Crippen molar-refractivity contribution in [3.63, 3.8) is 0 Å². The first kappa shape index (κ1) is 18.3. The lowest BCUT2D eigenvalue weighted by molar-refractivity contribution is 0.0724. The Morgan fingerprint density at radius 1 is 1.00 bits per heavy atom. The van der Waals surface area contributed by atoms with Gasteiger partial charge in [-0.2, -0.15) is 0 Å². The first-order valence-electron chi connectivity index (χ1n) is 9.74. The molecule has 2 amide bonds. The Kier molecular flexibility index (Phi) is 4.90. The second kappa shape index (κ2) is 7.50. The van der Waals surface area contributed by atoms with E-state index in [-0.39, 0.29) is 11.8 Å². The lowest BCUT2D eigenvalue weighted by atomic mass is 10.1. The molecule has 0 bridgehead atoms. The number of fused-ring (bicyclic) bond motifs is 1. The van der Waals surface area contributed by atoms with E-state index in [1.807, 2.05) is 36.9 Å². The second-order valence-electron chi connectivity index (χ2n) is 7.40. The third-order valence-electron chi connectivity index (χ3n) is 5.38. The number of rotatable bonds is 3. The summed E-state index contributed by atoms with van der Waals surface area (Å²) in [5, 5.41) is 3.82. The minimum atomic E-state index is -0.310. The van der Waals surface area contributed by atoms with Gasteiger partial charge in [-0.1, -0.05) is 24.3 Å². The number of nitrogens with one attached hydrogen (secondary N) is 1. The van der Waals surface area contributed by atoms with Crippen LogP contribution < -0.4 is 5.32 Å². The van der Waals surface area contributed by atoms with Gasteiger partial charge in [0, 0.05) is 35.3 Å². The van der Waals surface area contributed by atoms with Crippen LogP contribution in [0.4, 0.5) is 5.69 Å². The number of hydrogen-bond acceptors (Lipinski definition) is 3. The molecule has 0 radical (unpaired) electrons. The third kappa shape index (κ3) is 3.40. The van der Waals surface area contributed by atoms with Gasteiger partial charge in [0.25, 0.3) is 11.8 Å². The maximum atomic E-state index is 12.8. The second-order valence-corrected chi connectivity index (χ2v) is 7.40. The monoisotopic (exact) mass is 376 g/mol. The summed E-state index contributed by atoms with van der Waals surface area (Å²) in [7, 11) is 0. The number of carbonyl (C=O) groups excluding carboxylic acids is 2. The highest BCUT2D eigenvalue weighted by molar-refractivity contribution is 6.07. The predicted octanol–water partition coefficient (Wildman–Crippen LogP) is 4.93. The van der Waals surface area contributed by atoms with E-state index < -0.39 is 0 Å². The van der Waals surface area contributed by atoms with Crippen LogP contribution in [0.1, 0.15) is 51.3 Å². The minimum Gasteiger partial charge on any atom is -0.450 e. The van der Waals surface area contributed by atoms with Gasteiger partial charge < -0.3 is 14.6 Å². The first-order valence-corrected chi connectivity index (χ1v) is 9.74. The normalized spacial score (nSPS) is 14.3. The van der Waals surface area contributed by atoms with E-state index >= 15 is 0 Å². The Morgan fingerprint density at radius 3 is 2.50 bits per heavy atom. The van der Waals surface area contributed by atoms with Gasteiger partial charge in [-0.3, -0.25) is 9.59 Å². The quantitative estimate of drug-likeness (QED) is 0.705. The van der Waals surface area contributed by atoms with E-state index in [1.54, 1.807) is 24.3 Å². The first-order chi connectivity index (χ1) is 13.5. The Hall–Kier alpha value is -3.08. The molecule has 0 aliphatic carbocycles. The number of amides is 2. The van der Waals surface area contributed by atoms with Crippen molar-refractivity contribution in [1.82, 2.24) is 4.90 Å². The molecule has 1 aromatic heterocycles. The van der Waals surface area contributed by atoms with E-state index in [2.05, 4.69) is 5.32 Å². The van der Waals surface area contributed by atoms with Crippen LogP contribution in [0.5, 0.6) is 0 Å². The SMILES string of the molecule is Cc1c(C(=O)Nc2cccc(C(=O)N3CCCCC3)c2)oc2c(C)cccc12. The number of para-hydroxylation sites is 1. The molecule has 3 aromatic rings. The fourth-order valence-electron chi connectivity index (χ4n) is 3.80. The maximum Gasteiger partial charge on any atom is 0.291 e. The van der Waals surface area contributed by atoms with Crippen molar-refractivity contribution >= 4 is 28.5 Å². The van der Waals surface area contributed by atoms with Crippen LogP contribution in [0, 0.1) is 13.8 Å². The van der Waals surface area contributed by atoms with E-state index in [4.69, 9.17) is 4.42 Å². The molecule has 144 valence electrons. The third-order valence-corrected chi connectivity index (χ3v) is 5.38. The minimum absolute atomic E-state index is 0.0198. The molecule has 1 aliphatic heterocycles. The maximum absolute atomic E-state index is 12.8. The summed E-state index contributed by atoms with van der Waals surface area (Å²) < 4.78 is 5.85. The predicted molar refractivity (Wildman–Crippen MR) is 110 cm³/mol. The fourth-order valence-corrected chi connectivity index (χ4v) is 3.80. The van der Waals surface area contributed by atoms with Crippen LogP contribution in [-0.2, 0) is 0 Å². The Labute approximate surface area is 164 Å². The smallest absolute Gasteiger partial charge is 0.291 e. The molecule has 5 nitrogen and oxygen atoms in total. The average molecular weight is 376 g/mol. The number of hydrogen-bond donors (Lipinski definition) is 1. The molecule has 4 rings (SSSR count). The van der Waals surface area contributed by atoms with Gasteiger partial charge in [0.2, 0.25) is 0 Å². The van der Waals surface area contributed by atoms with Crippen LogP contribution in [0.15, 0.2) is 46.9 Å². The lowest BCUT2D eigenvalue weighted by Gasteiger charge is -2.26. The molecule has 0 spiro atoms. The van der Waals surface area contributed by atoms with Crippen LogP contribution in [0.3, 0.4) is 0 Å². The Bertz CT molecular complexity index is 1050. The molecule has 1 aliphatic rings. The van der Waals surface area contributed by atoms with Crippen molar-refractivity contribution in [1.29, 1.82) is 0 Å². The summed E-state index contributed by atoms with van der Waals surface area (Å²) in [6.45, 7) is 5.44. The number of nitrogens with zero attached hydrogens (tertiary/aromatic N) is 1. The summed E-state index contributed by atoms with van der Waals surface area (Å²) in [4.78, 5) is 27.4. The molecule has 0 unspecified atom stereocenters. The zero-order chi connectivity index (χ0) is 19.7. The van der Waals surface area contributed by atoms with Crippen molar-refractivity contribution in [2.75, 3.05) is 18.4 Å². The summed E-state index contributed by atoms with van der Waals surface area (Å²) in [6, 6.07) is 13.0. The van der Waals surface area contributed by atoms with Crippen LogP contribution in [-0.4, -0.2) is 29.8 Å². The van der Waals surface area contributed by atoms with Gasteiger partial charge >= 0.3 is 0 Å². The van der Waals surface area contributed by atoms with E-state index in [0.29, 0.717) is 17.0 Å². The summed E-state index contributed by atoms with van der Waals surface area (Å²) in [5.74, 6) is 0.0130. The lowest BCUT2D eigenvalue weighted by Crippen LogP contribution is -2.35. The number of benzene rings is 2. The van der Waals surface area contributed by atoms with Crippen LogP contribution in [0.25, 0.3) is 11.0 Å². The van der Waals surface area contributed by atoms with Gasteiger partial charge in [-0.05, 0) is 56.9 Å². The molecule has 2 heterocycles. The molecule has 1 saturated heterocycles. The molecule has 1 fully saturated rings. The molecule has 2 aromatic carbocycles. The van der Waals surface area contributed by atoms with E-state index in [1.165, 1.54) is 6.42 Å². The van der Waals surface area contributed by atoms with Gasteiger partial charge in [0.05, 0.1) is 0 Å². The topological polar surface area (TPSA) is 62.6 Å². The Balaban J connectivity index is 1.56. The molecule has 1 N–H and O–H groups in total. The number of likely N-dealkylation sites (tertiary alicyclic amines) is 1. The van der Waals surface area contributed by atoms with E-state index in [0.717, 1.165) is 48.0 Å². The van der Waals surface area contributed by atoms with Gasteiger partial charge in [0.15, 0.2) is 5.76 Å². The average Bonchev–Trinajstić information content (AvgIpc) is 3.06. The summed E-state index contributed by atoms with van der Waals surface area (Å²) in [5.41, 5.74) is 3.73. The Morgan fingerprint density at radius 2 is 1.75 bits per heavy atom. The van der Waals surface area contributed by atoms with Crippen molar-refractivity contribution in [3.8, 4) is 0 Å². The van der Waals surface area contributed by atoms with Crippen LogP contribution >= 0.6 is 0 Å². The van der Waals surface area contributed by atoms with Crippen LogP contribution in [0.2, 0.25) is 0 Å². The highest BCUT2D eigenvalue weighted by Gasteiger charge is 2.21. The standard InChI is InChI=1S/C23H24N2O3/c1-15-8-6-11-19-16(2)21(28-20(15)19)22(26)24-18-10-7-9-17(14-18)23(27)25-12-4-3-5-13-25/h6-11,14H,3-5,12-13H2,1-2H3,(H,24,26). The van der Waals surface area contributed by atoms with Crippen molar-refractivity contribution in [3.05, 3.63) is 64.9 Å². The van der Waals surface area contributed by atoms with Gasteiger partial charge in [-0.15, -0.1) is 0 Å². The molecule has 5 heteroatoms. The van der Waals surface area contributed by atoms with E-state index in [9.17, 15) is 9.59 Å². The number of aryl methyl sites for hydroxylation is 2. The number of carbonyl (C=O) groups is 2. The zero-order valence-corrected chi connectivity index (χ0v) is 16.2. The number of furan rings is 1. The zero-order valence-electron chi connectivity index (χ0n) is 16.2. The number of anilines is 1. The number of piperidine rings is 1. The molecular formula is C23H24N2O3. The van der Waals surface area contributed by atoms with Gasteiger partial charge in [0.1, 0.15) is 5.58 Å². The molecule has 0 atom stereocenters. The van der Waals surface area contributed by atoms with Crippen molar-refractivity contribution < 1.29 is 14.0 Å². The fraction of sp³-hybridized carbons (Fsp3) is 0.304. The highest BCUT2D eigenvalue weighted by Crippen LogP contribution is 2.28. The molecular weight excluding hydrogens is 352 g/mol. The van der Waals surface area contributed by atoms with Gasteiger partial charge in [-0.25, -0.2) is 0 Å². The summed E-state index contributed by atoms with van der Waals surface area (Å²) in [6.07, 6.45) is 3.27. The van der Waals surface area contributed by atoms with Crippen molar-refractivity contribution in [2.45, 2.75) is 33.1 Å². The highest BCUT2D eigenvalue weighted by atomic mass is 16.3. The molecule has 0 saturated carbocycles. The molecule has 28 heavy (non-hydrogen) atoms. The van der Waals surface area contributed by atoms with Crippen molar-refractivity contribution in [2.24, 2.45) is 0 Å². The summed E-state index contributed by atoms with van der Waals surface area (Å²) >= 11 is 0.